The van der Waals surface area contributed by atoms with Gasteiger partial charge < -0.3 is 0 Å². The van der Waals surface area contributed by atoms with Crippen LogP contribution in [-0.4, -0.2) is 4.98 Å². The number of hydrogen-bond donors (Lipinski definition) is 0. The van der Waals surface area contributed by atoms with Gasteiger partial charge in [-0.15, -0.1) is 0 Å². The SMILES string of the molecule is Clc1ccc(-c2ccc3ccccc3n2)c2ccccc12. The van der Waals surface area contributed by atoms with E-state index in [1.54, 1.807) is 0 Å². The van der Waals surface area contributed by atoms with Gasteiger partial charge in [0.15, 0.2) is 0 Å². The smallest absolute Gasteiger partial charge is 0.0715 e. The molecule has 0 aliphatic heterocycles. The van der Waals surface area contributed by atoms with Gasteiger partial charge in [-0.1, -0.05) is 66.2 Å². The molecule has 21 heavy (non-hydrogen) atoms. The van der Waals surface area contributed by atoms with Gasteiger partial charge in [0, 0.05) is 21.4 Å². The molecule has 0 bridgehead atoms. The number of fused-ring (bicyclic) bond motifs is 2. The first-order valence-electron chi connectivity index (χ1n) is 6.86. The highest BCUT2D eigenvalue weighted by Crippen LogP contribution is 2.32. The van der Waals surface area contributed by atoms with Crippen LogP contribution in [0.2, 0.25) is 5.02 Å². The Morgan fingerprint density at radius 2 is 1.43 bits per heavy atom. The van der Waals surface area contributed by atoms with Crippen LogP contribution >= 0.6 is 11.6 Å². The van der Waals surface area contributed by atoms with Gasteiger partial charge in [-0.25, -0.2) is 4.98 Å². The summed E-state index contributed by atoms with van der Waals surface area (Å²) in [7, 11) is 0. The molecule has 0 unspecified atom stereocenters. The zero-order valence-corrected chi connectivity index (χ0v) is 12.0. The van der Waals surface area contributed by atoms with Gasteiger partial charge in [0.2, 0.25) is 0 Å². The standard InChI is InChI=1S/C19H12ClN/c20-17-11-10-16(14-6-2-3-7-15(14)17)19-12-9-13-5-1-4-8-18(13)21-19/h1-12H. The van der Waals surface area contributed by atoms with Gasteiger partial charge in [-0.05, 0) is 23.6 Å². The lowest BCUT2D eigenvalue weighted by atomic mass is 10.0. The van der Waals surface area contributed by atoms with E-state index in [0.29, 0.717) is 0 Å². The zero-order chi connectivity index (χ0) is 14.2. The monoisotopic (exact) mass is 289 g/mol. The maximum absolute atomic E-state index is 6.29. The molecule has 2 heteroatoms. The Bertz CT molecular complexity index is 960. The molecular formula is C19H12ClN. The maximum atomic E-state index is 6.29. The van der Waals surface area contributed by atoms with Gasteiger partial charge in [0.25, 0.3) is 0 Å². The van der Waals surface area contributed by atoms with E-state index in [1.165, 1.54) is 0 Å². The van der Waals surface area contributed by atoms with E-state index in [1.807, 2.05) is 48.5 Å². The van der Waals surface area contributed by atoms with Crippen LogP contribution in [0, 0.1) is 0 Å². The number of nitrogens with zero attached hydrogens (tertiary/aromatic N) is 1. The Morgan fingerprint density at radius 1 is 0.667 bits per heavy atom. The third kappa shape index (κ3) is 2.07. The molecule has 0 saturated carbocycles. The van der Waals surface area contributed by atoms with E-state index in [2.05, 4.69) is 24.3 Å². The van der Waals surface area contributed by atoms with Gasteiger partial charge in [0.1, 0.15) is 0 Å². The fraction of sp³-hybridized carbons (Fsp3) is 0. The molecule has 4 rings (SSSR count). The predicted molar refractivity (Wildman–Crippen MR) is 89.7 cm³/mol. The molecule has 4 aromatic rings. The Kier molecular flexibility index (Phi) is 2.87. The molecule has 0 N–H and O–H groups in total. The second kappa shape index (κ2) is 4.87. The molecule has 0 aliphatic carbocycles. The van der Waals surface area contributed by atoms with Crippen molar-refractivity contribution in [3.05, 3.63) is 77.8 Å². The Morgan fingerprint density at radius 3 is 2.33 bits per heavy atom. The summed E-state index contributed by atoms with van der Waals surface area (Å²) < 4.78 is 0. The van der Waals surface area contributed by atoms with E-state index in [9.17, 15) is 0 Å². The first-order chi connectivity index (χ1) is 10.3. The molecule has 1 nitrogen and oxygen atoms in total. The molecule has 1 aromatic heterocycles. The van der Waals surface area contributed by atoms with Crippen LogP contribution in [0.5, 0.6) is 0 Å². The summed E-state index contributed by atoms with van der Waals surface area (Å²) in [6.45, 7) is 0. The molecule has 100 valence electrons. The lowest BCUT2D eigenvalue weighted by Gasteiger charge is -2.08. The summed E-state index contributed by atoms with van der Waals surface area (Å²) in [6, 6.07) is 24.5. The highest BCUT2D eigenvalue weighted by atomic mass is 35.5. The second-order valence-corrected chi connectivity index (χ2v) is 5.44. The van der Waals surface area contributed by atoms with Crippen LogP contribution in [0.4, 0.5) is 0 Å². The van der Waals surface area contributed by atoms with Crippen molar-refractivity contribution >= 4 is 33.3 Å². The van der Waals surface area contributed by atoms with Crippen molar-refractivity contribution in [2.45, 2.75) is 0 Å². The van der Waals surface area contributed by atoms with Crippen LogP contribution in [0.1, 0.15) is 0 Å². The number of pyridine rings is 1. The van der Waals surface area contributed by atoms with Crippen molar-refractivity contribution in [1.29, 1.82) is 0 Å². The summed E-state index contributed by atoms with van der Waals surface area (Å²) in [4.78, 5) is 4.78. The van der Waals surface area contributed by atoms with Crippen LogP contribution in [0.25, 0.3) is 32.9 Å². The van der Waals surface area contributed by atoms with Crippen molar-refractivity contribution in [2.24, 2.45) is 0 Å². The maximum Gasteiger partial charge on any atom is 0.0715 e. The number of aromatic nitrogens is 1. The highest BCUT2D eigenvalue weighted by molar-refractivity contribution is 6.36. The average Bonchev–Trinajstić information content (AvgIpc) is 2.55. The Balaban J connectivity index is 2.02. The Labute approximate surface area is 127 Å². The summed E-state index contributed by atoms with van der Waals surface area (Å²) in [5.41, 5.74) is 3.09. The quantitative estimate of drug-likeness (QED) is 0.437. The molecule has 0 atom stereocenters. The molecular weight excluding hydrogens is 278 g/mol. The third-order valence-electron chi connectivity index (χ3n) is 3.75. The van der Waals surface area contributed by atoms with E-state index in [0.717, 1.165) is 38.0 Å². The van der Waals surface area contributed by atoms with Crippen LogP contribution < -0.4 is 0 Å². The Hall–Kier alpha value is -2.38. The third-order valence-corrected chi connectivity index (χ3v) is 4.07. The molecule has 0 radical (unpaired) electrons. The van der Waals surface area contributed by atoms with Crippen molar-refractivity contribution in [2.75, 3.05) is 0 Å². The fourth-order valence-corrected chi connectivity index (χ4v) is 2.93. The molecule has 0 saturated heterocycles. The first-order valence-corrected chi connectivity index (χ1v) is 7.24. The van der Waals surface area contributed by atoms with Crippen molar-refractivity contribution < 1.29 is 0 Å². The molecule has 0 amide bonds. The summed E-state index contributed by atoms with van der Waals surface area (Å²) in [6.07, 6.45) is 0. The van der Waals surface area contributed by atoms with Crippen molar-refractivity contribution in [3.8, 4) is 11.3 Å². The summed E-state index contributed by atoms with van der Waals surface area (Å²) in [5, 5.41) is 4.12. The van der Waals surface area contributed by atoms with Crippen molar-refractivity contribution in [3.63, 3.8) is 0 Å². The van der Waals surface area contributed by atoms with Crippen LogP contribution in [-0.2, 0) is 0 Å². The number of para-hydroxylation sites is 1. The zero-order valence-electron chi connectivity index (χ0n) is 11.3. The molecule has 0 fully saturated rings. The molecule has 0 spiro atoms. The van der Waals surface area contributed by atoms with E-state index in [-0.39, 0.29) is 0 Å². The van der Waals surface area contributed by atoms with Crippen LogP contribution in [0.3, 0.4) is 0 Å². The molecule has 1 heterocycles. The lowest BCUT2D eigenvalue weighted by Crippen LogP contribution is -1.87. The van der Waals surface area contributed by atoms with Gasteiger partial charge >= 0.3 is 0 Å². The number of benzene rings is 3. The minimum atomic E-state index is 0.773. The molecule has 3 aromatic carbocycles. The summed E-state index contributed by atoms with van der Waals surface area (Å²) in [5.74, 6) is 0. The second-order valence-electron chi connectivity index (χ2n) is 5.03. The average molecular weight is 290 g/mol. The predicted octanol–water partition coefficient (Wildman–Crippen LogP) is 5.71. The minimum absolute atomic E-state index is 0.773. The summed E-state index contributed by atoms with van der Waals surface area (Å²) >= 11 is 6.29. The number of rotatable bonds is 1. The normalized spacial score (nSPS) is 11.1. The van der Waals surface area contributed by atoms with Gasteiger partial charge in [0.05, 0.1) is 11.2 Å². The number of hydrogen-bond acceptors (Lipinski definition) is 1. The minimum Gasteiger partial charge on any atom is -0.248 e. The van der Waals surface area contributed by atoms with E-state index < -0.39 is 0 Å². The largest absolute Gasteiger partial charge is 0.248 e. The van der Waals surface area contributed by atoms with Crippen molar-refractivity contribution in [1.82, 2.24) is 4.98 Å². The van der Waals surface area contributed by atoms with Gasteiger partial charge in [-0.2, -0.15) is 0 Å². The molecule has 0 aliphatic rings. The fourth-order valence-electron chi connectivity index (χ4n) is 2.70. The topological polar surface area (TPSA) is 12.9 Å². The number of halogens is 1. The lowest BCUT2D eigenvalue weighted by molar-refractivity contribution is 1.41. The van der Waals surface area contributed by atoms with Gasteiger partial charge in [-0.3, -0.25) is 0 Å². The van der Waals surface area contributed by atoms with E-state index >= 15 is 0 Å². The van der Waals surface area contributed by atoms with E-state index in [4.69, 9.17) is 16.6 Å². The highest BCUT2D eigenvalue weighted by Gasteiger charge is 2.08. The first kappa shape index (κ1) is 12.4. The van der Waals surface area contributed by atoms with Crippen LogP contribution in [0.15, 0.2) is 72.8 Å².